The second-order valence-corrected chi connectivity index (χ2v) is 10.5. The molecule has 1 aliphatic heterocycles. The van der Waals surface area contributed by atoms with Gasteiger partial charge in [0.15, 0.2) is 0 Å². The first-order valence-corrected chi connectivity index (χ1v) is 13.3. The highest BCUT2D eigenvalue weighted by Gasteiger charge is 2.28. The van der Waals surface area contributed by atoms with Crippen LogP contribution >= 0.6 is 0 Å². The maximum atomic E-state index is 13.1. The molecule has 3 N–H and O–H groups in total. The van der Waals surface area contributed by atoms with Gasteiger partial charge in [-0.15, -0.1) is 0 Å². The summed E-state index contributed by atoms with van der Waals surface area (Å²) in [6, 6.07) is 16.6. The maximum Gasteiger partial charge on any atom is 0.319 e. The van der Waals surface area contributed by atoms with E-state index >= 15 is 0 Å². The van der Waals surface area contributed by atoms with Crippen LogP contribution in [0.1, 0.15) is 38.7 Å². The molecule has 8 heteroatoms. The van der Waals surface area contributed by atoms with Crippen molar-refractivity contribution in [3.05, 3.63) is 60.2 Å². The summed E-state index contributed by atoms with van der Waals surface area (Å²) >= 11 is 0. The van der Waals surface area contributed by atoms with Crippen LogP contribution < -0.4 is 20.7 Å². The van der Waals surface area contributed by atoms with Gasteiger partial charge in [0, 0.05) is 37.9 Å². The zero-order valence-electron chi connectivity index (χ0n) is 22.7. The largest absolute Gasteiger partial charge is 0.494 e. The smallest absolute Gasteiger partial charge is 0.319 e. The van der Waals surface area contributed by atoms with Crippen LogP contribution in [-0.2, 0) is 11.3 Å². The molecule has 0 unspecified atom stereocenters. The Kier molecular flexibility index (Phi) is 11.2. The van der Waals surface area contributed by atoms with Gasteiger partial charge in [0.05, 0.1) is 6.61 Å². The fraction of sp³-hybridized carbons (Fsp3) is 0.517. The zero-order chi connectivity index (χ0) is 26.6. The lowest BCUT2D eigenvalue weighted by atomic mass is 10.0. The summed E-state index contributed by atoms with van der Waals surface area (Å²) in [6.07, 6.45) is 2.47. The third-order valence-corrected chi connectivity index (χ3v) is 6.33. The molecule has 2 atom stereocenters. The molecular weight excluding hydrogens is 466 g/mol. The second-order valence-electron chi connectivity index (χ2n) is 10.5. The Hall–Kier alpha value is -3.10. The Morgan fingerprint density at radius 2 is 1.81 bits per heavy atom. The van der Waals surface area contributed by atoms with E-state index in [4.69, 9.17) is 4.74 Å². The first-order valence-electron chi connectivity index (χ1n) is 13.3. The molecule has 1 aliphatic rings. The van der Waals surface area contributed by atoms with E-state index < -0.39 is 6.04 Å². The molecular formula is C29H43N5O3. The molecule has 0 radical (unpaired) electrons. The van der Waals surface area contributed by atoms with E-state index in [1.165, 1.54) is 5.56 Å². The van der Waals surface area contributed by atoms with Gasteiger partial charge in [-0.2, -0.15) is 0 Å². The minimum atomic E-state index is -0.581. The van der Waals surface area contributed by atoms with Crippen LogP contribution in [0.4, 0.5) is 10.5 Å². The molecule has 3 rings (SSSR count). The topological polar surface area (TPSA) is 85.9 Å². The van der Waals surface area contributed by atoms with E-state index in [9.17, 15) is 9.59 Å². The number of carbonyl (C=O) groups excluding carboxylic acids is 2. The first-order chi connectivity index (χ1) is 17.8. The molecule has 0 bridgehead atoms. The molecule has 202 valence electrons. The standard InChI is InChI=1S/C29H43N5O3/c1-22(2)19-27(32-29(36)31-24-9-6-5-7-10-24)28(35)30-25-15-17-34(21-25)20-23-11-13-26(14-12-23)37-18-8-16-33(3)4/h5-7,9-14,22,25,27H,8,15-21H2,1-4H3,(H,30,35)(H2,31,32,36)/t25-,27-/m0/s1. The predicted octanol–water partition coefficient (Wildman–Crippen LogP) is 3.94. The average molecular weight is 510 g/mol. The summed E-state index contributed by atoms with van der Waals surface area (Å²) in [5.41, 5.74) is 1.92. The Morgan fingerprint density at radius 3 is 2.49 bits per heavy atom. The number of ether oxygens (including phenoxy) is 1. The average Bonchev–Trinajstić information content (AvgIpc) is 3.29. The van der Waals surface area contributed by atoms with Crippen LogP contribution in [0.2, 0.25) is 0 Å². The first kappa shape index (κ1) is 28.5. The van der Waals surface area contributed by atoms with Gasteiger partial charge in [0.1, 0.15) is 11.8 Å². The predicted molar refractivity (Wildman–Crippen MR) is 149 cm³/mol. The Morgan fingerprint density at radius 1 is 1.08 bits per heavy atom. The molecule has 0 saturated carbocycles. The van der Waals surface area contributed by atoms with Crippen molar-refractivity contribution in [2.45, 2.75) is 51.7 Å². The fourth-order valence-corrected chi connectivity index (χ4v) is 4.47. The SMILES string of the molecule is CC(C)C[C@H](NC(=O)Nc1ccccc1)C(=O)N[C@H]1CCN(Cc2ccc(OCCCN(C)C)cc2)C1. The molecule has 1 heterocycles. The van der Waals surface area contributed by atoms with Gasteiger partial charge in [0.2, 0.25) is 5.91 Å². The molecule has 1 fully saturated rings. The highest BCUT2D eigenvalue weighted by Crippen LogP contribution is 2.18. The van der Waals surface area contributed by atoms with Crippen molar-refractivity contribution in [2.75, 3.05) is 45.7 Å². The molecule has 8 nitrogen and oxygen atoms in total. The van der Waals surface area contributed by atoms with Crippen molar-refractivity contribution in [1.82, 2.24) is 20.4 Å². The van der Waals surface area contributed by atoms with Crippen LogP contribution in [0, 0.1) is 5.92 Å². The van der Waals surface area contributed by atoms with E-state index in [1.807, 2.05) is 42.5 Å². The van der Waals surface area contributed by atoms with E-state index in [0.717, 1.165) is 44.8 Å². The van der Waals surface area contributed by atoms with Gasteiger partial charge in [-0.1, -0.05) is 44.2 Å². The highest BCUT2D eigenvalue weighted by molar-refractivity contribution is 5.93. The van der Waals surface area contributed by atoms with Gasteiger partial charge in [0.25, 0.3) is 0 Å². The third-order valence-electron chi connectivity index (χ3n) is 6.33. The zero-order valence-corrected chi connectivity index (χ0v) is 22.7. The molecule has 3 amide bonds. The number of hydrogen-bond acceptors (Lipinski definition) is 5. The Balaban J connectivity index is 1.44. The number of anilines is 1. The van der Waals surface area contributed by atoms with Crippen molar-refractivity contribution in [2.24, 2.45) is 5.92 Å². The summed E-state index contributed by atoms with van der Waals surface area (Å²) in [4.78, 5) is 30.1. The lowest BCUT2D eigenvalue weighted by Crippen LogP contribution is -2.51. The summed E-state index contributed by atoms with van der Waals surface area (Å²) < 4.78 is 5.83. The number of likely N-dealkylation sites (tertiary alicyclic amines) is 1. The molecule has 0 spiro atoms. The highest BCUT2D eigenvalue weighted by atomic mass is 16.5. The van der Waals surface area contributed by atoms with Crippen LogP contribution in [-0.4, -0.2) is 74.2 Å². The summed E-state index contributed by atoms with van der Waals surface area (Å²) in [5, 5.41) is 8.83. The summed E-state index contributed by atoms with van der Waals surface area (Å²) in [7, 11) is 4.13. The van der Waals surface area contributed by atoms with Crippen LogP contribution in [0.3, 0.4) is 0 Å². The number of rotatable bonds is 13. The van der Waals surface area contributed by atoms with Gasteiger partial charge in [-0.3, -0.25) is 9.69 Å². The molecule has 0 aromatic heterocycles. The number of benzene rings is 2. The van der Waals surface area contributed by atoms with Gasteiger partial charge < -0.3 is 25.6 Å². The van der Waals surface area contributed by atoms with Crippen LogP contribution in [0.15, 0.2) is 54.6 Å². The molecule has 0 aliphatic carbocycles. The lowest BCUT2D eigenvalue weighted by Gasteiger charge is -2.23. The van der Waals surface area contributed by atoms with E-state index in [2.05, 4.69) is 65.8 Å². The molecule has 2 aromatic carbocycles. The quantitative estimate of drug-likeness (QED) is 0.356. The number of nitrogens with one attached hydrogen (secondary N) is 3. The Bertz CT molecular complexity index is 965. The minimum absolute atomic E-state index is 0.0699. The maximum absolute atomic E-state index is 13.1. The molecule has 37 heavy (non-hydrogen) atoms. The number of para-hydroxylation sites is 1. The minimum Gasteiger partial charge on any atom is -0.494 e. The molecule has 1 saturated heterocycles. The number of urea groups is 1. The van der Waals surface area contributed by atoms with E-state index in [-0.39, 0.29) is 23.9 Å². The summed E-state index contributed by atoms with van der Waals surface area (Å²) in [5.74, 6) is 1.04. The fourth-order valence-electron chi connectivity index (χ4n) is 4.47. The van der Waals surface area contributed by atoms with Crippen molar-refractivity contribution in [3.63, 3.8) is 0 Å². The monoisotopic (exact) mass is 509 g/mol. The Labute approximate surface area is 221 Å². The van der Waals surface area contributed by atoms with Gasteiger partial charge in [-0.05, 0) is 69.1 Å². The second kappa shape index (κ2) is 14.6. The van der Waals surface area contributed by atoms with Crippen molar-refractivity contribution in [1.29, 1.82) is 0 Å². The number of carbonyl (C=O) groups is 2. The number of hydrogen-bond donors (Lipinski definition) is 3. The summed E-state index contributed by atoms with van der Waals surface area (Å²) in [6.45, 7) is 8.37. The molecule has 2 aromatic rings. The number of amides is 3. The van der Waals surface area contributed by atoms with Gasteiger partial charge in [-0.25, -0.2) is 4.79 Å². The van der Waals surface area contributed by atoms with Crippen LogP contribution in [0.5, 0.6) is 5.75 Å². The van der Waals surface area contributed by atoms with Gasteiger partial charge >= 0.3 is 6.03 Å². The van der Waals surface area contributed by atoms with E-state index in [0.29, 0.717) is 18.7 Å². The third kappa shape index (κ3) is 10.4. The van der Waals surface area contributed by atoms with Crippen molar-refractivity contribution in [3.8, 4) is 5.75 Å². The van der Waals surface area contributed by atoms with E-state index in [1.54, 1.807) is 0 Å². The lowest BCUT2D eigenvalue weighted by molar-refractivity contribution is -0.123. The number of nitrogens with zero attached hydrogens (tertiary/aromatic N) is 2. The van der Waals surface area contributed by atoms with Crippen LogP contribution in [0.25, 0.3) is 0 Å². The normalized spacial score (nSPS) is 16.5. The van der Waals surface area contributed by atoms with Crippen molar-refractivity contribution >= 4 is 17.6 Å². The van der Waals surface area contributed by atoms with Crippen molar-refractivity contribution < 1.29 is 14.3 Å².